The van der Waals surface area contributed by atoms with Crippen molar-refractivity contribution < 1.29 is 9.84 Å². The smallest absolute Gasteiger partial charge is 0.145 e. The van der Waals surface area contributed by atoms with Gasteiger partial charge in [0.05, 0.1) is 30.3 Å². The van der Waals surface area contributed by atoms with Crippen molar-refractivity contribution in [2.24, 2.45) is 0 Å². The van der Waals surface area contributed by atoms with Gasteiger partial charge in [0.15, 0.2) is 0 Å². The third-order valence-electron chi connectivity index (χ3n) is 4.80. The number of hydrogen-bond acceptors (Lipinski definition) is 4. The molecule has 0 bridgehead atoms. The van der Waals surface area contributed by atoms with Crippen molar-refractivity contribution in [3.05, 3.63) is 59.1 Å². The van der Waals surface area contributed by atoms with Crippen LogP contribution in [-0.4, -0.2) is 34.6 Å². The van der Waals surface area contributed by atoms with E-state index in [9.17, 15) is 5.11 Å². The van der Waals surface area contributed by atoms with E-state index in [0.29, 0.717) is 17.1 Å². The third kappa shape index (κ3) is 2.50. The van der Waals surface area contributed by atoms with E-state index >= 15 is 0 Å². The van der Waals surface area contributed by atoms with Crippen LogP contribution >= 0.6 is 0 Å². The summed E-state index contributed by atoms with van der Waals surface area (Å²) in [6.07, 6.45) is 0. The lowest BCUT2D eigenvalue weighted by Gasteiger charge is -2.19. The van der Waals surface area contributed by atoms with E-state index in [4.69, 9.17) is 10.1 Å². The average molecular weight is 348 g/mol. The summed E-state index contributed by atoms with van der Waals surface area (Å²) in [6.45, 7) is 4.33. The molecule has 0 radical (unpaired) electrons. The van der Waals surface area contributed by atoms with Crippen LogP contribution in [0.1, 0.15) is 17.0 Å². The van der Waals surface area contributed by atoms with Gasteiger partial charge < -0.3 is 19.7 Å². The molecule has 2 aromatic carbocycles. The molecule has 0 fully saturated rings. The summed E-state index contributed by atoms with van der Waals surface area (Å²) in [4.78, 5) is 9.57. The van der Waals surface area contributed by atoms with Crippen molar-refractivity contribution >= 4 is 28.1 Å². The first-order chi connectivity index (χ1) is 12.5. The first-order valence-corrected chi connectivity index (χ1v) is 8.38. The Kier molecular flexibility index (Phi) is 3.68. The van der Waals surface area contributed by atoms with Gasteiger partial charge in [-0.1, -0.05) is 6.07 Å². The van der Waals surface area contributed by atoms with Crippen LogP contribution in [0, 0.1) is 19.3 Å². The molecule has 132 valence electrons. The Morgan fingerprint density at radius 3 is 2.73 bits per heavy atom. The molecule has 0 atom stereocenters. The van der Waals surface area contributed by atoms with Crippen LogP contribution in [-0.2, 0) is 0 Å². The lowest BCUT2D eigenvalue weighted by molar-refractivity contribution is 0.410. The van der Waals surface area contributed by atoms with Gasteiger partial charge in [-0.3, -0.25) is 5.41 Å². The molecule has 26 heavy (non-hydrogen) atoms. The number of hydrogen-bond donors (Lipinski definition) is 3. The van der Waals surface area contributed by atoms with Crippen LogP contribution in [0.3, 0.4) is 0 Å². The number of aliphatic hydroxyl groups is 1. The molecule has 1 aromatic heterocycles. The fraction of sp³-hybridized carbons (Fsp3) is 0.200. The standard InChI is InChI=1S/C20H20N4O2/c1-11-7-15-16(8-12(11)2)23-20(22-15)18-17(25)10-24(19(18)21)13-5-4-6-14(9-13)26-3/h4-9,21,25H,10H2,1-3H3,(H,22,23). The SMILES string of the molecule is COc1cccc(N2CC(O)=C(c3nc4cc(C)c(C)cc4[nH]3)C2=N)c1. The summed E-state index contributed by atoms with van der Waals surface area (Å²) in [5.74, 6) is 1.56. The van der Waals surface area contributed by atoms with Crippen molar-refractivity contribution in [2.75, 3.05) is 18.6 Å². The maximum atomic E-state index is 10.5. The molecule has 0 spiro atoms. The molecule has 6 heteroatoms. The van der Waals surface area contributed by atoms with E-state index in [1.54, 1.807) is 12.0 Å². The molecule has 0 amide bonds. The van der Waals surface area contributed by atoms with Crippen molar-refractivity contribution in [1.29, 1.82) is 5.41 Å². The number of aliphatic hydroxyl groups excluding tert-OH is 1. The molecule has 0 saturated heterocycles. The summed E-state index contributed by atoms with van der Waals surface area (Å²) >= 11 is 0. The Morgan fingerprint density at radius 1 is 1.19 bits per heavy atom. The fourth-order valence-corrected chi connectivity index (χ4v) is 3.22. The molecule has 1 aliphatic rings. The number of nitrogens with zero attached hydrogens (tertiary/aromatic N) is 2. The Morgan fingerprint density at radius 2 is 1.96 bits per heavy atom. The minimum Gasteiger partial charge on any atom is -0.509 e. The van der Waals surface area contributed by atoms with Gasteiger partial charge in [0.1, 0.15) is 23.2 Å². The molecule has 1 aliphatic heterocycles. The van der Waals surface area contributed by atoms with Crippen molar-refractivity contribution in [3.63, 3.8) is 0 Å². The molecular formula is C20H20N4O2. The minimum absolute atomic E-state index is 0.130. The quantitative estimate of drug-likeness (QED) is 0.669. The zero-order chi connectivity index (χ0) is 18.4. The van der Waals surface area contributed by atoms with Crippen molar-refractivity contribution in [2.45, 2.75) is 13.8 Å². The molecule has 4 rings (SSSR count). The van der Waals surface area contributed by atoms with E-state index in [2.05, 4.69) is 9.97 Å². The van der Waals surface area contributed by atoms with Gasteiger partial charge in [0.25, 0.3) is 0 Å². The number of aryl methyl sites for hydroxylation is 2. The number of amidine groups is 1. The summed E-state index contributed by atoms with van der Waals surface area (Å²) < 4.78 is 5.26. The van der Waals surface area contributed by atoms with Gasteiger partial charge >= 0.3 is 0 Å². The Labute approximate surface area is 151 Å². The monoisotopic (exact) mass is 348 g/mol. The van der Waals surface area contributed by atoms with E-state index < -0.39 is 0 Å². The van der Waals surface area contributed by atoms with Crippen LogP contribution in [0.15, 0.2) is 42.2 Å². The predicted molar refractivity (Wildman–Crippen MR) is 103 cm³/mol. The van der Waals surface area contributed by atoms with Gasteiger partial charge in [-0.2, -0.15) is 0 Å². The summed E-state index contributed by atoms with van der Waals surface area (Å²) in [5, 5.41) is 19.1. The zero-order valence-corrected chi connectivity index (χ0v) is 14.9. The largest absolute Gasteiger partial charge is 0.509 e. The Hall–Kier alpha value is -3.28. The number of methoxy groups -OCH3 is 1. The second-order valence-electron chi connectivity index (χ2n) is 6.50. The van der Waals surface area contributed by atoms with Crippen LogP contribution in [0.4, 0.5) is 5.69 Å². The summed E-state index contributed by atoms with van der Waals surface area (Å²) in [6, 6.07) is 11.5. The number of ether oxygens (including phenoxy) is 1. The zero-order valence-electron chi connectivity index (χ0n) is 14.9. The average Bonchev–Trinajstić information content (AvgIpc) is 3.15. The van der Waals surface area contributed by atoms with Gasteiger partial charge in [0, 0.05) is 11.8 Å². The maximum Gasteiger partial charge on any atom is 0.145 e. The highest BCUT2D eigenvalue weighted by Gasteiger charge is 2.31. The molecule has 6 nitrogen and oxygen atoms in total. The minimum atomic E-state index is 0.130. The van der Waals surface area contributed by atoms with E-state index in [0.717, 1.165) is 22.3 Å². The van der Waals surface area contributed by atoms with Crippen LogP contribution in [0.2, 0.25) is 0 Å². The van der Waals surface area contributed by atoms with E-state index in [-0.39, 0.29) is 18.1 Å². The van der Waals surface area contributed by atoms with Gasteiger partial charge in [-0.25, -0.2) is 4.98 Å². The number of anilines is 1. The third-order valence-corrected chi connectivity index (χ3v) is 4.80. The number of aromatic nitrogens is 2. The highest BCUT2D eigenvalue weighted by Crippen LogP contribution is 2.32. The molecule has 0 aliphatic carbocycles. The second-order valence-corrected chi connectivity index (χ2v) is 6.50. The van der Waals surface area contributed by atoms with Crippen molar-refractivity contribution in [1.82, 2.24) is 9.97 Å². The molecule has 3 N–H and O–H groups in total. The summed E-state index contributed by atoms with van der Waals surface area (Å²) in [7, 11) is 1.61. The van der Waals surface area contributed by atoms with Gasteiger partial charge in [0.2, 0.25) is 0 Å². The van der Waals surface area contributed by atoms with Crippen molar-refractivity contribution in [3.8, 4) is 5.75 Å². The highest BCUT2D eigenvalue weighted by atomic mass is 16.5. The number of nitrogens with one attached hydrogen (secondary N) is 2. The number of imidazole rings is 1. The number of aromatic amines is 1. The number of benzene rings is 2. The normalized spacial score (nSPS) is 14.6. The van der Waals surface area contributed by atoms with Crippen LogP contribution in [0.25, 0.3) is 16.6 Å². The molecule has 2 heterocycles. The molecule has 0 unspecified atom stereocenters. The number of rotatable bonds is 3. The van der Waals surface area contributed by atoms with Crippen LogP contribution in [0.5, 0.6) is 5.75 Å². The first kappa shape index (κ1) is 16.2. The summed E-state index contributed by atoms with van der Waals surface area (Å²) in [5.41, 5.74) is 5.28. The van der Waals surface area contributed by atoms with Gasteiger partial charge in [-0.15, -0.1) is 0 Å². The van der Waals surface area contributed by atoms with E-state index in [1.807, 2.05) is 50.2 Å². The van der Waals surface area contributed by atoms with Crippen LogP contribution < -0.4 is 9.64 Å². The lowest BCUT2D eigenvalue weighted by Crippen LogP contribution is -2.26. The topological polar surface area (TPSA) is 85.2 Å². The first-order valence-electron chi connectivity index (χ1n) is 8.38. The predicted octanol–water partition coefficient (Wildman–Crippen LogP) is 3.95. The molecule has 0 saturated carbocycles. The molecule has 3 aromatic rings. The molecular weight excluding hydrogens is 328 g/mol. The number of fused-ring (bicyclic) bond motifs is 1. The fourth-order valence-electron chi connectivity index (χ4n) is 3.22. The Balaban J connectivity index is 1.73. The second kappa shape index (κ2) is 5.91. The lowest BCUT2D eigenvalue weighted by atomic mass is 10.1. The maximum absolute atomic E-state index is 10.5. The van der Waals surface area contributed by atoms with E-state index in [1.165, 1.54) is 5.56 Å². The Bertz CT molecular complexity index is 1030. The number of H-pyrrole nitrogens is 1. The van der Waals surface area contributed by atoms with Gasteiger partial charge in [-0.05, 0) is 49.2 Å². The highest BCUT2D eigenvalue weighted by molar-refractivity contribution is 6.30.